The first-order valence-corrected chi connectivity index (χ1v) is 12.5. The lowest BCUT2D eigenvalue weighted by Gasteiger charge is -2.26. The molecule has 0 unspecified atom stereocenters. The third-order valence-electron chi connectivity index (χ3n) is 5.74. The summed E-state index contributed by atoms with van der Waals surface area (Å²) in [5.41, 5.74) is 4.57. The van der Waals surface area contributed by atoms with E-state index in [9.17, 15) is 19.2 Å². The number of hydrogen-bond donors (Lipinski definition) is 2. The zero-order valence-corrected chi connectivity index (χ0v) is 22.1. The maximum atomic E-state index is 15.5. The van der Waals surface area contributed by atoms with E-state index in [0.29, 0.717) is 11.0 Å². The lowest BCUT2D eigenvalue weighted by atomic mass is 10.1. The zero-order valence-electron chi connectivity index (χ0n) is 22.1. The van der Waals surface area contributed by atoms with E-state index in [-0.39, 0.29) is 12.4 Å². The standard InChI is InChI=1S/C24H36F2N4O8/c1-6-7-8-11-35-23(34)29-16-9-10-30(22(33)28-16)21-24(25,26)18(38-20(32)17(27)13(2)3)15(37-21)12-36-19(31)14(4)5/h9-10,13-15,17-18,21H,6-8,11-12,27H2,1-5H3,(H,28,29,33,34)/t15-,17+,18-,21-/m1/s1. The van der Waals surface area contributed by atoms with E-state index >= 15 is 8.78 Å². The Balaban J connectivity index is 2.25. The molecule has 1 saturated heterocycles. The number of unbranched alkanes of at least 4 members (excludes halogenated alkanes) is 2. The van der Waals surface area contributed by atoms with Crippen molar-refractivity contribution in [1.29, 1.82) is 0 Å². The largest absolute Gasteiger partial charge is 0.463 e. The quantitative estimate of drug-likeness (QED) is 0.226. The van der Waals surface area contributed by atoms with Gasteiger partial charge in [-0.05, 0) is 18.4 Å². The van der Waals surface area contributed by atoms with Gasteiger partial charge in [-0.3, -0.25) is 19.5 Å². The number of alkyl halides is 2. The van der Waals surface area contributed by atoms with Gasteiger partial charge in [-0.1, -0.05) is 47.5 Å². The van der Waals surface area contributed by atoms with Gasteiger partial charge < -0.3 is 24.7 Å². The Kier molecular flexibility index (Phi) is 11.1. The molecule has 0 saturated carbocycles. The van der Waals surface area contributed by atoms with E-state index in [1.807, 2.05) is 6.92 Å². The number of nitrogens with zero attached hydrogens (tertiary/aromatic N) is 2. The van der Waals surface area contributed by atoms with Crippen molar-refractivity contribution in [3.05, 3.63) is 22.7 Å². The van der Waals surface area contributed by atoms with E-state index in [1.165, 1.54) is 0 Å². The van der Waals surface area contributed by atoms with E-state index in [4.69, 9.17) is 24.7 Å². The highest BCUT2D eigenvalue weighted by Gasteiger charge is 2.63. The van der Waals surface area contributed by atoms with E-state index < -0.39 is 72.6 Å². The molecule has 1 aliphatic heterocycles. The average molecular weight is 547 g/mol. The van der Waals surface area contributed by atoms with Crippen LogP contribution >= 0.6 is 0 Å². The van der Waals surface area contributed by atoms with Gasteiger partial charge in [0.05, 0.1) is 12.5 Å². The van der Waals surface area contributed by atoms with Crippen LogP contribution in [0.15, 0.2) is 17.1 Å². The molecule has 0 radical (unpaired) electrons. The van der Waals surface area contributed by atoms with Crippen molar-refractivity contribution in [2.24, 2.45) is 17.6 Å². The smallest absolute Gasteiger partial charge is 0.412 e. The predicted molar refractivity (Wildman–Crippen MR) is 130 cm³/mol. The van der Waals surface area contributed by atoms with Gasteiger partial charge in [0, 0.05) is 6.20 Å². The fraction of sp³-hybridized carbons (Fsp3) is 0.708. The van der Waals surface area contributed by atoms with Crippen molar-refractivity contribution in [2.75, 3.05) is 18.5 Å². The lowest BCUT2D eigenvalue weighted by molar-refractivity contribution is -0.179. The number of ether oxygens (including phenoxy) is 4. The van der Waals surface area contributed by atoms with Crippen molar-refractivity contribution in [3.63, 3.8) is 0 Å². The number of hydrogen-bond acceptors (Lipinski definition) is 10. The number of rotatable bonds is 12. The van der Waals surface area contributed by atoms with Gasteiger partial charge in [0.2, 0.25) is 6.23 Å². The fourth-order valence-electron chi connectivity index (χ4n) is 3.37. The van der Waals surface area contributed by atoms with Gasteiger partial charge in [0.15, 0.2) is 6.10 Å². The van der Waals surface area contributed by atoms with Crippen LogP contribution in [0.3, 0.4) is 0 Å². The lowest BCUT2D eigenvalue weighted by Crippen LogP contribution is -2.48. The molecule has 0 bridgehead atoms. The summed E-state index contributed by atoms with van der Waals surface area (Å²) in [5.74, 6) is -6.90. The summed E-state index contributed by atoms with van der Waals surface area (Å²) < 4.78 is 52.0. The number of anilines is 1. The van der Waals surface area contributed by atoms with E-state index in [1.54, 1.807) is 27.7 Å². The summed E-state index contributed by atoms with van der Waals surface area (Å²) in [7, 11) is 0. The summed E-state index contributed by atoms with van der Waals surface area (Å²) in [6, 6.07) is -0.0872. The fourth-order valence-corrected chi connectivity index (χ4v) is 3.37. The second-order valence-electron chi connectivity index (χ2n) is 9.58. The molecule has 2 rings (SSSR count). The third-order valence-corrected chi connectivity index (χ3v) is 5.74. The minimum atomic E-state index is -3.94. The Hall–Kier alpha value is -3.13. The van der Waals surface area contributed by atoms with E-state index in [2.05, 4.69) is 10.3 Å². The monoisotopic (exact) mass is 546 g/mol. The molecule has 2 heterocycles. The summed E-state index contributed by atoms with van der Waals surface area (Å²) in [4.78, 5) is 52.4. The molecule has 14 heteroatoms. The molecular formula is C24H36F2N4O8. The Morgan fingerprint density at radius 1 is 1.18 bits per heavy atom. The molecule has 214 valence electrons. The Morgan fingerprint density at radius 3 is 2.45 bits per heavy atom. The van der Waals surface area contributed by atoms with Crippen molar-refractivity contribution < 1.29 is 42.1 Å². The maximum absolute atomic E-state index is 15.5. The normalized spacial score (nSPS) is 21.3. The number of amides is 1. The van der Waals surface area contributed by atoms with Crippen LogP contribution in [0, 0.1) is 11.8 Å². The maximum Gasteiger partial charge on any atom is 0.412 e. The van der Waals surface area contributed by atoms with Gasteiger partial charge in [0.1, 0.15) is 24.6 Å². The van der Waals surface area contributed by atoms with Crippen LogP contribution in [0.25, 0.3) is 0 Å². The highest BCUT2D eigenvalue weighted by Crippen LogP contribution is 2.44. The first-order chi connectivity index (χ1) is 17.8. The van der Waals surface area contributed by atoms with Crippen LogP contribution in [0.2, 0.25) is 0 Å². The number of aromatic nitrogens is 2. The van der Waals surface area contributed by atoms with Gasteiger partial charge >= 0.3 is 29.6 Å². The number of nitrogens with one attached hydrogen (secondary N) is 1. The van der Waals surface area contributed by atoms with Crippen LogP contribution in [0.5, 0.6) is 0 Å². The predicted octanol–water partition coefficient (Wildman–Crippen LogP) is 2.61. The van der Waals surface area contributed by atoms with Crippen molar-refractivity contribution in [2.45, 2.75) is 84.3 Å². The number of carbonyl (C=O) groups excluding carboxylic acids is 3. The molecule has 1 aliphatic rings. The molecule has 1 aromatic rings. The second-order valence-corrected chi connectivity index (χ2v) is 9.58. The van der Waals surface area contributed by atoms with Gasteiger partial charge in [-0.25, -0.2) is 9.59 Å². The number of carbonyl (C=O) groups is 3. The van der Waals surface area contributed by atoms with Crippen LogP contribution in [-0.4, -0.2) is 65.0 Å². The SMILES string of the molecule is CCCCCOC(=O)Nc1ccn([C@@H]2O[C@H](COC(=O)C(C)C)[C@@H](OC(=O)[C@@H](N)C(C)C)C2(F)F)c(=O)n1. The topological polar surface area (TPSA) is 161 Å². The Labute approximate surface area is 219 Å². The van der Waals surface area contributed by atoms with Crippen molar-refractivity contribution >= 4 is 23.8 Å². The molecule has 0 aromatic carbocycles. The minimum Gasteiger partial charge on any atom is -0.463 e. The summed E-state index contributed by atoms with van der Waals surface area (Å²) >= 11 is 0. The van der Waals surface area contributed by atoms with Crippen LogP contribution in [0.4, 0.5) is 19.4 Å². The molecule has 38 heavy (non-hydrogen) atoms. The third kappa shape index (κ3) is 7.93. The first-order valence-electron chi connectivity index (χ1n) is 12.5. The van der Waals surface area contributed by atoms with Gasteiger partial charge in [-0.15, -0.1) is 0 Å². The van der Waals surface area contributed by atoms with Gasteiger partial charge in [-0.2, -0.15) is 13.8 Å². The number of esters is 2. The number of nitrogens with two attached hydrogens (primary N) is 1. The molecule has 0 aliphatic carbocycles. The molecule has 3 N–H and O–H groups in total. The summed E-state index contributed by atoms with van der Waals surface area (Å²) in [6.07, 6.45) is -3.52. The zero-order chi connectivity index (χ0) is 28.6. The average Bonchev–Trinajstić information content (AvgIpc) is 3.09. The van der Waals surface area contributed by atoms with Gasteiger partial charge in [0.25, 0.3) is 0 Å². The molecular weight excluding hydrogens is 510 g/mol. The molecule has 4 atom stereocenters. The van der Waals surface area contributed by atoms with Crippen LogP contribution in [-0.2, 0) is 28.5 Å². The minimum absolute atomic E-state index is 0.169. The Bertz CT molecular complexity index is 1030. The summed E-state index contributed by atoms with van der Waals surface area (Å²) in [5, 5.41) is 2.25. The number of halogens is 2. The van der Waals surface area contributed by atoms with Crippen LogP contribution < -0.4 is 16.7 Å². The highest BCUT2D eigenvalue weighted by atomic mass is 19.3. The van der Waals surface area contributed by atoms with Crippen molar-refractivity contribution in [1.82, 2.24) is 9.55 Å². The van der Waals surface area contributed by atoms with Crippen molar-refractivity contribution in [3.8, 4) is 0 Å². The summed E-state index contributed by atoms with van der Waals surface area (Å²) in [6.45, 7) is 7.82. The molecule has 1 aromatic heterocycles. The second kappa shape index (κ2) is 13.6. The van der Waals surface area contributed by atoms with Crippen LogP contribution in [0.1, 0.15) is 60.1 Å². The molecule has 1 fully saturated rings. The molecule has 12 nitrogen and oxygen atoms in total. The molecule has 1 amide bonds. The van der Waals surface area contributed by atoms with E-state index in [0.717, 1.165) is 25.1 Å². The first kappa shape index (κ1) is 31.1. The Morgan fingerprint density at radius 2 is 1.87 bits per heavy atom. The molecule has 0 spiro atoms. The highest BCUT2D eigenvalue weighted by molar-refractivity contribution is 5.83.